The maximum atomic E-state index is 12.8. The Morgan fingerprint density at radius 1 is 1.23 bits per heavy atom. The van der Waals surface area contributed by atoms with E-state index in [1.54, 1.807) is 11.6 Å². The first-order valence-electron chi connectivity index (χ1n) is 9.70. The molecule has 10 heteroatoms. The summed E-state index contributed by atoms with van der Waals surface area (Å²) < 4.78 is 9.32. The number of hydrogen-bond donors (Lipinski definition) is 3. The third-order valence-corrected chi connectivity index (χ3v) is 5.18. The Bertz CT molecular complexity index is 1280. The van der Waals surface area contributed by atoms with Gasteiger partial charge >= 0.3 is 0 Å². The molecule has 0 spiro atoms. The van der Waals surface area contributed by atoms with Crippen molar-refractivity contribution in [2.45, 2.75) is 19.6 Å². The Morgan fingerprint density at radius 3 is 2.93 bits per heavy atom. The predicted molar refractivity (Wildman–Crippen MR) is 113 cm³/mol. The van der Waals surface area contributed by atoms with Crippen LogP contribution in [-0.4, -0.2) is 50.0 Å². The highest BCUT2D eigenvalue weighted by Gasteiger charge is 2.20. The van der Waals surface area contributed by atoms with E-state index in [1.807, 2.05) is 37.0 Å². The lowest BCUT2D eigenvalue weighted by Gasteiger charge is -2.16. The summed E-state index contributed by atoms with van der Waals surface area (Å²) in [6.45, 7) is 2.71. The van der Waals surface area contributed by atoms with Crippen molar-refractivity contribution in [1.29, 1.82) is 0 Å². The monoisotopic (exact) mass is 406 g/mol. The molecule has 4 aromatic rings. The fourth-order valence-electron chi connectivity index (χ4n) is 3.69. The van der Waals surface area contributed by atoms with Crippen molar-refractivity contribution in [2.24, 2.45) is 7.05 Å². The minimum absolute atomic E-state index is 0.166. The number of carbonyl (C=O) groups is 1. The number of nitrogens with one attached hydrogen (secondary N) is 3. The molecule has 5 rings (SSSR count). The summed E-state index contributed by atoms with van der Waals surface area (Å²) in [4.78, 5) is 17.5. The average molecular weight is 406 g/mol. The molecule has 4 heterocycles. The highest BCUT2D eigenvalue weighted by molar-refractivity contribution is 6.00. The molecule has 1 aliphatic heterocycles. The molecule has 1 aliphatic rings. The summed E-state index contributed by atoms with van der Waals surface area (Å²) >= 11 is 0. The van der Waals surface area contributed by atoms with Crippen LogP contribution in [-0.2, 0) is 18.4 Å². The van der Waals surface area contributed by atoms with Crippen molar-refractivity contribution < 1.29 is 9.53 Å². The summed E-state index contributed by atoms with van der Waals surface area (Å²) in [6, 6.07) is 5.79. The van der Waals surface area contributed by atoms with E-state index in [1.165, 1.54) is 6.20 Å². The minimum atomic E-state index is -0.238. The Hall–Kier alpha value is -3.66. The van der Waals surface area contributed by atoms with Crippen molar-refractivity contribution in [3.05, 3.63) is 41.7 Å². The van der Waals surface area contributed by atoms with Gasteiger partial charge in [-0.15, -0.1) is 0 Å². The molecule has 1 aromatic carbocycles. The van der Waals surface area contributed by atoms with Gasteiger partial charge in [0, 0.05) is 31.6 Å². The number of nitrogens with zero attached hydrogens (tertiary/aromatic N) is 5. The van der Waals surface area contributed by atoms with Crippen LogP contribution in [0.3, 0.4) is 0 Å². The Labute approximate surface area is 172 Å². The van der Waals surface area contributed by atoms with E-state index in [-0.39, 0.29) is 11.9 Å². The van der Waals surface area contributed by atoms with Gasteiger partial charge in [0.1, 0.15) is 17.2 Å². The van der Waals surface area contributed by atoms with E-state index in [0.717, 1.165) is 22.2 Å². The van der Waals surface area contributed by atoms with Crippen LogP contribution < -0.4 is 16.0 Å². The van der Waals surface area contributed by atoms with Gasteiger partial charge in [0.15, 0.2) is 5.65 Å². The average Bonchev–Trinajstić information content (AvgIpc) is 3.31. The molecular formula is C20H22N8O2. The van der Waals surface area contributed by atoms with Crippen LogP contribution in [0.4, 0.5) is 17.3 Å². The smallest absolute Gasteiger partial charge is 0.257 e. The lowest BCUT2D eigenvalue weighted by atomic mass is 10.1. The molecule has 154 valence electrons. The molecule has 3 N–H and O–H groups in total. The topological polar surface area (TPSA) is 110 Å². The minimum Gasteiger partial charge on any atom is -0.375 e. The molecule has 10 nitrogen and oxygen atoms in total. The van der Waals surface area contributed by atoms with Crippen LogP contribution in [0, 0.1) is 0 Å². The summed E-state index contributed by atoms with van der Waals surface area (Å²) in [5.41, 5.74) is 3.73. The number of benzene rings is 1. The highest BCUT2D eigenvalue weighted by Crippen LogP contribution is 2.29. The fraction of sp³-hybridized carbons (Fsp3) is 0.300. The number of ether oxygens (including phenoxy) is 1. The van der Waals surface area contributed by atoms with E-state index in [9.17, 15) is 4.79 Å². The number of amides is 1. The van der Waals surface area contributed by atoms with E-state index >= 15 is 0 Å². The number of rotatable bonds is 1. The molecule has 0 saturated heterocycles. The first kappa shape index (κ1) is 18.4. The molecule has 0 unspecified atom stereocenters. The number of aryl methyl sites for hydroxylation is 1. The molecule has 1 atom stereocenters. The molecular weight excluding hydrogens is 384 g/mol. The second-order valence-corrected chi connectivity index (χ2v) is 7.43. The van der Waals surface area contributed by atoms with Crippen LogP contribution in [0.1, 0.15) is 22.8 Å². The molecule has 4 bridgehead atoms. The van der Waals surface area contributed by atoms with Gasteiger partial charge in [0.25, 0.3) is 5.91 Å². The normalized spacial score (nSPS) is 17.0. The lowest BCUT2D eigenvalue weighted by molar-refractivity contribution is 0.0821. The highest BCUT2D eigenvalue weighted by atomic mass is 16.5. The number of fused-ring (bicyclic) bond motifs is 5. The van der Waals surface area contributed by atoms with Crippen molar-refractivity contribution in [3.8, 4) is 0 Å². The van der Waals surface area contributed by atoms with Crippen LogP contribution in [0.5, 0.6) is 0 Å². The Morgan fingerprint density at radius 2 is 2.10 bits per heavy atom. The van der Waals surface area contributed by atoms with E-state index < -0.39 is 0 Å². The number of hydrogen-bond acceptors (Lipinski definition) is 7. The van der Waals surface area contributed by atoms with Gasteiger partial charge in [-0.05, 0) is 24.6 Å². The fourth-order valence-corrected chi connectivity index (χ4v) is 3.69. The molecule has 0 radical (unpaired) electrons. The van der Waals surface area contributed by atoms with Crippen LogP contribution in [0.15, 0.2) is 30.6 Å². The zero-order chi connectivity index (χ0) is 20.8. The second kappa shape index (κ2) is 6.99. The summed E-state index contributed by atoms with van der Waals surface area (Å²) in [5.74, 6) is 1.07. The standard InChI is InChI=1S/C20H22N8O2/c1-11-9-30-10-12-4-15(13-7-22-27(3)16(13)5-12)25-17-6-18(21-2)28-19(26-17)14(8-23-28)20(29)24-11/h4-8,11,21H,9-10H2,1-3H3,(H,24,29)(H,25,26)/t11-/m1/s1. The zero-order valence-corrected chi connectivity index (χ0v) is 16.9. The first-order valence-corrected chi connectivity index (χ1v) is 9.70. The van der Waals surface area contributed by atoms with Gasteiger partial charge in [-0.3, -0.25) is 9.48 Å². The quantitative estimate of drug-likeness (QED) is 0.444. The van der Waals surface area contributed by atoms with Gasteiger partial charge in [-0.1, -0.05) is 0 Å². The molecule has 0 fully saturated rings. The molecule has 1 amide bonds. The number of aromatic nitrogens is 5. The largest absolute Gasteiger partial charge is 0.375 e. The summed E-state index contributed by atoms with van der Waals surface area (Å²) in [7, 11) is 3.71. The van der Waals surface area contributed by atoms with Gasteiger partial charge in [-0.25, -0.2) is 4.98 Å². The molecule has 0 aliphatic carbocycles. The maximum absolute atomic E-state index is 12.8. The van der Waals surface area contributed by atoms with E-state index in [4.69, 9.17) is 4.74 Å². The van der Waals surface area contributed by atoms with Crippen molar-refractivity contribution >= 4 is 39.8 Å². The Kier molecular flexibility index (Phi) is 4.28. The summed E-state index contributed by atoms with van der Waals surface area (Å²) in [5, 5.41) is 19.2. The van der Waals surface area contributed by atoms with Crippen LogP contribution >= 0.6 is 0 Å². The van der Waals surface area contributed by atoms with Crippen molar-refractivity contribution in [2.75, 3.05) is 24.3 Å². The van der Waals surface area contributed by atoms with Crippen molar-refractivity contribution in [3.63, 3.8) is 0 Å². The lowest BCUT2D eigenvalue weighted by Crippen LogP contribution is -2.35. The van der Waals surface area contributed by atoms with Gasteiger partial charge in [0.05, 0.1) is 36.8 Å². The van der Waals surface area contributed by atoms with E-state index in [2.05, 4.69) is 37.2 Å². The van der Waals surface area contributed by atoms with Gasteiger partial charge in [0.2, 0.25) is 0 Å². The maximum Gasteiger partial charge on any atom is 0.257 e. The third kappa shape index (κ3) is 3.01. The zero-order valence-electron chi connectivity index (χ0n) is 16.9. The van der Waals surface area contributed by atoms with Crippen molar-refractivity contribution in [1.82, 2.24) is 29.7 Å². The number of carbonyl (C=O) groups excluding carboxylic acids is 1. The molecule has 3 aromatic heterocycles. The van der Waals surface area contributed by atoms with Crippen LogP contribution in [0.2, 0.25) is 0 Å². The summed E-state index contributed by atoms with van der Waals surface area (Å²) in [6.07, 6.45) is 3.35. The number of anilines is 3. The first-order chi connectivity index (χ1) is 14.5. The molecule has 30 heavy (non-hydrogen) atoms. The third-order valence-electron chi connectivity index (χ3n) is 5.18. The second-order valence-electron chi connectivity index (χ2n) is 7.43. The predicted octanol–water partition coefficient (Wildman–Crippen LogP) is 2.05. The van der Waals surface area contributed by atoms with E-state index in [0.29, 0.717) is 36.1 Å². The van der Waals surface area contributed by atoms with Gasteiger partial charge in [-0.2, -0.15) is 14.7 Å². The Balaban J connectivity index is 1.72. The SMILES string of the molecule is CNc1cc2nc3c(cnn13)C(=O)N[C@H](C)COCc1cc(c3cnn(C)c3c1)N2. The molecule has 0 saturated carbocycles. The van der Waals surface area contributed by atoms with Crippen LogP contribution in [0.25, 0.3) is 16.6 Å². The van der Waals surface area contributed by atoms with Gasteiger partial charge < -0.3 is 20.7 Å².